The van der Waals surface area contributed by atoms with Gasteiger partial charge >= 0.3 is 5.97 Å². The summed E-state index contributed by atoms with van der Waals surface area (Å²) in [4.78, 5) is 103. The Morgan fingerprint density at radius 3 is 2.16 bits per heavy atom. The highest BCUT2D eigenvalue weighted by atomic mass is 32.2. The maximum atomic E-state index is 13.7. The summed E-state index contributed by atoms with van der Waals surface area (Å²) in [5.41, 5.74) is 16.9. The van der Waals surface area contributed by atoms with Crippen molar-refractivity contribution in [2.75, 3.05) is 18.1 Å². The van der Waals surface area contributed by atoms with Gasteiger partial charge in [-0.1, -0.05) is 34.1 Å². The first-order valence-electron chi connectivity index (χ1n) is 16.8. The van der Waals surface area contributed by atoms with Crippen molar-refractivity contribution in [3.8, 4) is 0 Å². The normalized spacial score (nSPS) is 22.8. The third-order valence-corrected chi connectivity index (χ3v) is 9.18. The molecule has 1 aliphatic heterocycles. The van der Waals surface area contributed by atoms with Gasteiger partial charge in [0.2, 0.25) is 41.4 Å². The summed E-state index contributed by atoms with van der Waals surface area (Å²) in [6.45, 7) is 8.84. The van der Waals surface area contributed by atoms with E-state index in [2.05, 4.69) is 31.9 Å². The second-order valence-corrected chi connectivity index (χ2v) is 14.0. The predicted octanol–water partition coefficient (Wildman–Crippen LogP) is -2.83. The van der Waals surface area contributed by atoms with Gasteiger partial charge in [-0.25, -0.2) is 4.79 Å². The molecule has 0 aliphatic carbocycles. The van der Waals surface area contributed by atoms with Crippen LogP contribution in [0.25, 0.3) is 0 Å². The molecule has 1 rings (SSSR count). The average Bonchev–Trinajstić information content (AvgIpc) is 3.03. The molecule has 0 spiro atoms. The second-order valence-electron chi connectivity index (χ2n) is 12.9. The molecule has 2 unspecified atom stereocenters. The number of rotatable bonds is 17. The lowest BCUT2D eigenvalue weighted by molar-refractivity contribution is -0.144. The Labute approximate surface area is 296 Å². The Morgan fingerprint density at radius 1 is 0.940 bits per heavy atom. The summed E-state index contributed by atoms with van der Waals surface area (Å²) in [7, 11) is 0. The number of aliphatic carboxylic acids is 1. The van der Waals surface area contributed by atoms with Crippen LogP contribution in [0.5, 0.6) is 0 Å². The van der Waals surface area contributed by atoms with Gasteiger partial charge in [0.1, 0.15) is 36.3 Å². The molecular weight excluding hydrogens is 674 g/mol. The molecule has 0 radical (unpaired) electrons. The van der Waals surface area contributed by atoms with Crippen molar-refractivity contribution >= 4 is 59.1 Å². The summed E-state index contributed by atoms with van der Waals surface area (Å²) in [6.07, 6.45) is 1.17. The van der Waals surface area contributed by atoms with E-state index in [-0.39, 0.29) is 23.8 Å². The van der Waals surface area contributed by atoms with Crippen LogP contribution in [0, 0.1) is 11.8 Å². The Balaban J connectivity index is 3.44. The molecule has 0 bridgehead atoms. The maximum absolute atomic E-state index is 13.7. The van der Waals surface area contributed by atoms with Gasteiger partial charge in [-0.2, -0.15) is 11.8 Å². The molecule has 1 aliphatic rings. The number of amides is 7. The monoisotopic (exact) mass is 729 g/mol. The van der Waals surface area contributed by atoms with Crippen LogP contribution in [0.2, 0.25) is 0 Å². The van der Waals surface area contributed by atoms with Gasteiger partial charge in [0.15, 0.2) is 0 Å². The zero-order valence-corrected chi connectivity index (χ0v) is 30.2. The Kier molecular flexibility index (Phi) is 19.4. The number of hydrogen-bond donors (Lipinski definition) is 10. The summed E-state index contributed by atoms with van der Waals surface area (Å²) >= 11 is 1.00. The van der Waals surface area contributed by atoms with E-state index in [4.69, 9.17) is 17.2 Å². The average molecular weight is 730 g/mol. The van der Waals surface area contributed by atoms with Crippen LogP contribution in [0.15, 0.2) is 0 Å². The molecule has 0 aromatic rings. The molecule has 0 aromatic carbocycles. The molecule has 13 N–H and O–H groups in total. The fourth-order valence-electron chi connectivity index (χ4n) is 4.89. The van der Waals surface area contributed by atoms with Crippen molar-refractivity contribution in [2.45, 2.75) is 115 Å². The lowest BCUT2D eigenvalue weighted by atomic mass is 9.98. The number of carboxylic acids is 1. The molecule has 7 amide bonds. The van der Waals surface area contributed by atoms with Crippen LogP contribution in [-0.4, -0.2) is 113 Å². The van der Waals surface area contributed by atoms with E-state index in [0.29, 0.717) is 32.2 Å². The van der Waals surface area contributed by atoms with Crippen LogP contribution in [-0.2, 0) is 38.4 Å². The molecule has 284 valence electrons. The van der Waals surface area contributed by atoms with Gasteiger partial charge < -0.3 is 54.2 Å². The van der Waals surface area contributed by atoms with Crippen LogP contribution in [0.3, 0.4) is 0 Å². The van der Waals surface area contributed by atoms with Crippen molar-refractivity contribution in [1.29, 1.82) is 0 Å². The van der Waals surface area contributed by atoms with Crippen molar-refractivity contribution < 1.29 is 43.5 Å². The van der Waals surface area contributed by atoms with E-state index in [9.17, 15) is 43.5 Å². The number of nitrogens with one attached hydrogen (secondary N) is 6. The van der Waals surface area contributed by atoms with Gasteiger partial charge in [-0.05, 0) is 51.0 Å². The van der Waals surface area contributed by atoms with Gasteiger partial charge in [0.05, 0.1) is 12.5 Å². The first-order valence-corrected chi connectivity index (χ1v) is 17.9. The van der Waals surface area contributed by atoms with Crippen molar-refractivity contribution in [2.24, 2.45) is 29.0 Å². The number of primary amides is 1. The summed E-state index contributed by atoms with van der Waals surface area (Å²) in [5.74, 6) is -7.53. The van der Waals surface area contributed by atoms with Crippen LogP contribution < -0.4 is 49.1 Å². The molecule has 1 saturated heterocycles. The minimum Gasteiger partial charge on any atom is -0.480 e. The van der Waals surface area contributed by atoms with Gasteiger partial charge in [-0.3, -0.25) is 33.6 Å². The Bertz CT molecular complexity index is 1220. The number of carbonyl (C=O) groups excluding carboxylic acids is 7. The molecule has 1 heterocycles. The molecule has 50 heavy (non-hydrogen) atoms. The topological polar surface area (TPSA) is 307 Å². The van der Waals surface area contributed by atoms with Gasteiger partial charge in [0, 0.05) is 11.5 Å². The summed E-state index contributed by atoms with van der Waals surface area (Å²) < 4.78 is 0. The molecule has 19 heteroatoms. The third kappa shape index (κ3) is 15.3. The van der Waals surface area contributed by atoms with E-state index in [0.717, 1.165) is 11.8 Å². The number of thioether (sulfide) groups is 1. The first kappa shape index (κ1) is 44.1. The quantitative estimate of drug-likeness (QED) is 0.0678. The Hall–Kier alpha value is -3.97. The standard InChI is InChI=1S/C31H55N9O9S/c1-6-16(4)24(31(48)49)40-27(44)19(9-7-8-10-32)36-30(47)22-14-50-13-21(38-26(43)18(33)11-15(2)3)29(46)35-17(5)25(42)37-20(12-23(34)41)28(45)39-22/h15-22,24H,6-14,32-33H2,1-5H3,(H2,34,41)(H,35,46)(H,36,47)(H,37,42)(H,38,43)(H,39,45)(H,40,44)(H,48,49)/t16-,17-,18-,19-,20?,21+,22?,24-/m0/s1. The summed E-state index contributed by atoms with van der Waals surface area (Å²) in [5, 5.41) is 24.7. The number of unbranched alkanes of at least 4 members (excludes halogenated alkanes) is 1. The molecule has 1 fully saturated rings. The fraction of sp³-hybridized carbons (Fsp3) is 0.742. The van der Waals surface area contributed by atoms with E-state index in [1.54, 1.807) is 13.8 Å². The minimum absolute atomic E-state index is 0.0882. The predicted molar refractivity (Wildman–Crippen MR) is 186 cm³/mol. The minimum atomic E-state index is -1.53. The lowest BCUT2D eigenvalue weighted by Gasteiger charge is -2.27. The highest BCUT2D eigenvalue weighted by molar-refractivity contribution is 7.99. The molecule has 18 nitrogen and oxygen atoms in total. The molecular formula is C31H55N9O9S. The third-order valence-electron chi connectivity index (χ3n) is 8.04. The fourth-order valence-corrected chi connectivity index (χ4v) is 5.97. The first-order chi connectivity index (χ1) is 23.4. The largest absolute Gasteiger partial charge is 0.480 e. The number of nitrogens with two attached hydrogens (primary N) is 3. The van der Waals surface area contributed by atoms with Gasteiger partial charge in [0.25, 0.3) is 0 Å². The smallest absolute Gasteiger partial charge is 0.326 e. The number of carbonyl (C=O) groups is 8. The zero-order valence-electron chi connectivity index (χ0n) is 29.4. The van der Waals surface area contributed by atoms with Crippen molar-refractivity contribution in [3.05, 3.63) is 0 Å². The zero-order chi connectivity index (χ0) is 38.1. The van der Waals surface area contributed by atoms with Crippen LogP contribution in [0.4, 0.5) is 0 Å². The number of hydrogen-bond acceptors (Lipinski definition) is 11. The van der Waals surface area contributed by atoms with E-state index in [1.807, 2.05) is 13.8 Å². The highest BCUT2D eigenvalue weighted by Crippen LogP contribution is 2.13. The second kappa shape index (κ2) is 22.0. The Morgan fingerprint density at radius 2 is 1.60 bits per heavy atom. The molecule has 0 saturated carbocycles. The SMILES string of the molecule is CC[C@H](C)[C@H](NC(=O)[C@H](CCCCN)NC(=O)C1CSC[C@@H](NC(=O)[C@@H](N)CC(C)C)C(=O)N[C@@H](C)C(=O)NC(CC(N)=O)C(=O)N1)C(=O)O. The molecule has 0 aromatic heterocycles. The summed E-state index contributed by atoms with van der Waals surface area (Å²) in [6, 6.07) is -8.70. The van der Waals surface area contributed by atoms with E-state index in [1.165, 1.54) is 6.92 Å². The van der Waals surface area contributed by atoms with E-state index >= 15 is 0 Å². The lowest BCUT2D eigenvalue weighted by Crippen LogP contribution is -2.60. The maximum Gasteiger partial charge on any atom is 0.326 e. The van der Waals surface area contributed by atoms with Crippen LogP contribution >= 0.6 is 11.8 Å². The van der Waals surface area contributed by atoms with Crippen molar-refractivity contribution in [1.82, 2.24) is 31.9 Å². The van der Waals surface area contributed by atoms with E-state index < -0.39 is 102 Å². The highest BCUT2D eigenvalue weighted by Gasteiger charge is 2.35. The van der Waals surface area contributed by atoms with Crippen LogP contribution in [0.1, 0.15) is 73.1 Å². The molecule has 8 atom stereocenters. The number of carboxylic acid groups (broad SMARTS) is 1. The van der Waals surface area contributed by atoms with Gasteiger partial charge in [-0.15, -0.1) is 0 Å². The van der Waals surface area contributed by atoms with Crippen molar-refractivity contribution in [3.63, 3.8) is 0 Å².